The van der Waals surface area contributed by atoms with Crippen molar-refractivity contribution in [3.8, 4) is 5.75 Å². The molecule has 2 aromatic rings. The largest absolute Gasteiger partial charge is 0.497 e. The molecule has 4 rings (SSSR count). The molecule has 0 N–H and O–H groups in total. The van der Waals surface area contributed by atoms with Crippen molar-refractivity contribution in [2.24, 2.45) is 0 Å². The number of benzene rings is 1. The van der Waals surface area contributed by atoms with Gasteiger partial charge in [-0.25, -0.2) is 0 Å². The average Bonchev–Trinajstić information content (AvgIpc) is 3.03. The number of carbonyl (C=O) groups excluding carboxylic acids is 1. The summed E-state index contributed by atoms with van der Waals surface area (Å²) in [6, 6.07) is 8.30. The molecule has 0 spiro atoms. The van der Waals surface area contributed by atoms with Gasteiger partial charge in [-0.2, -0.15) is 0 Å². The van der Waals surface area contributed by atoms with E-state index in [-0.39, 0.29) is 5.91 Å². The molecule has 2 aliphatic heterocycles. The van der Waals surface area contributed by atoms with Gasteiger partial charge in [0.1, 0.15) is 17.4 Å². The summed E-state index contributed by atoms with van der Waals surface area (Å²) >= 11 is 0. The van der Waals surface area contributed by atoms with E-state index in [9.17, 15) is 4.79 Å². The van der Waals surface area contributed by atoms with Crippen LogP contribution in [0, 0.1) is 0 Å². The Bertz CT molecular complexity index is 832. The molecule has 29 heavy (non-hydrogen) atoms. The van der Waals surface area contributed by atoms with Crippen LogP contribution in [0.3, 0.4) is 0 Å². The van der Waals surface area contributed by atoms with E-state index in [1.807, 2.05) is 29.2 Å². The molecule has 0 aliphatic carbocycles. The van der Waals surface area contributed by atoms with Gasteiger partial charge in [-0.05, 0) is 50.6 Å². The second-order valence-corrected chi connectivity index (χ2v) is 8.10. The van der Waals surface area contributed by atoms with Crippen LogP contribution in [0.4, 0.5) is 0 Å². The molecule has 2 aliphatic rings. The van der Waals surface area contributed by atoms with Gasteiger partial charge in [-0.15, -0.1) is 10.2 Å². The number of hydrogen-bond acceptors (Lipinski definition) is 5. The maximum Gasteiger partial charge on any atom is 0.222 e. The van der Waals surface area contributed by atoms with Crippen LogP contribution in [-0.2, 0) is 24.2 Å². The minimum atomic E-state index is 0.218. The van der Waals surface area contributed by atoms with Crippen LogP contribution in [0.15, 0.2) is 24.3 Å². The zero-order valence-electron chi connectivity index (χ0n) is 17.5. The molecule has 1 amide bonds. The second-order valence-electron chi connectivity index (χ2n) is 8.10. The fourth-order valence-corrected chi connectivity index (χ4v) is 4.44. The first-order chi connectivity index (χ1) is 14.2. The first-order valence-electron chi connectivity index (χ1n) is 10.7. The molecule has 3 heterocycles. The lowest BCUT2D eigenvalue weighted by Gasteiger charge is -2.32. The number of aromatic nitrogens is 3. The summed E-state index contributed by atoms with van der Waals surface area (Å²) in [5, 5.41) is 9.00. The number of ether oxygens (including phenoxy) is 1. The van der Waals surface area contributed by atoms with Gasteiger partial charge in [-0.3, -0.25) is 9.69 Å². The highest BCUT2D eigenvalue weighted by atomic mass is 16.5. The molecule has 7 heteroatoms. The summed E-state index contributed by atoms with van der Waals surface area (Å²) < 4.78 is 7.46. The summed E-state index contributed by atoms with van der Waals surface area (Å²) in [5.41, 5.74) is 1.16. The number of fused-ring (bicyclic) bond motifs is 1. The lowest BCUT2D eigenvalue weighted by atomic mass is 10.0. The number of aryl methyl sites for hydroxylation is 1. The van der Waals surface area contributed by atoms with Crippen molar-refractivity contribution in [3.05, 3.63) is 41.5 Å². The smallest absolute Gasteiger partial charge is 0.222 e. The van der Waals surface area contributed by atoms with Crippen LogP contribution in [0.25, 0.3) is 0 Å². The predicted octanol–water partition coefficient (Wildman–Crippen LogP) is 2.46. The molecule has 1 fully saturated rings. The zero-order chi connectivity index (χ0) is 20.2. The summed E-state index contributed by atoms with van der Waals surface area (Å²) in [6.07, 6.45) is 5.70. The summed E-state index contributed by atoms with van der Waals surface area (Å²) in [4.78, 5) is 17.2. The molecule has 0 saturated carbocycles. The third-order valence-corrected chi connectivity index (χ3v) is 6.26. The monoisotopic (exact) mass is 397 g/mol. The number of carbonyl (C=O) groups is 1. The number of likely N-dealkylation sites (tertiary alicyclic amines) is 1. The predicted molar refractivity (Wildman–Crippen MR) is 111 cm³/mol. The zero-order valence-corrected chi connectivity index (χ0v) is 17.5. The fourth-order valence-electron chi connectivity index (χ4n) is 4.44. The summed E-state index contributed by atoms with van der Waals surface area (Å²) in [7, 11) is 3.84. The van der Waals surface area contributed by atoms with E-state index >= 15 is 0 Å². The fraction of sp³-hybridized carbons (Fsp3) is 0.591. The van der Waals surface area contributed by atoms with Crippen molar-refractivity contribution in [2.45, 2.75) is 51.1 Å². The average molecular weight is 398 g/mol. The molecule has 0 radical (unpaired) electrons. The van der Waals surface area contributed by atoms with Gasteiger partial charge >= 0.3 is 0 Å². The lowest BCUT2D eigenvalue weighted by molar-refractivity contribution is -0.131. The van der Waals surface area contributed by atoms with Crippen LogP contribution in [0.1, 0.15) is 48.9 Å². The lowest BCUT2D eigenvalue weighted by Crippen LogP contribution is -2.35. The number of amides is 1. The normalized spacial score (nSPS) is 20.2. The van der Waals surface area contributed by atoms with Gasteiger partial charge in [0.2, 0.25) is 5.91 Å². The van der Waals surface area contributed by atoms with Crippen molar-refractivity contribution in [3.63, 3.8) is 0 Å². The highest BCUT2D eigenvalue weighted by Gasteiger charge is 2.29. The first-order valence-corrected chi connectivity index (χ1v) is 10.7. The number of nitrogens with zero attached hydrogens (tertiary/aromatic N) is 5. The van der Waals surface area contributed by atoms with Crippen molar-refractivity contribution in [2.75, 3.05) is 33.8 Å². The molecular formula is C22H31N5O2. The Kier molecular flexibility index (Phi) is 6.13. The van der Waals surface area contributed by atoms with E-state index in [1.54, 1.807) is 7.11 Å². The third-order valence-electron chi connectivity index (χ3n) is 6.26. The van der Waals surface area contributed by atoms with Gasteiger partial charge in [0.25, 0.3) is 0 Å². The van der Waals surface area contributed by atoms with E-state index in [0.29, 0.717) is 12.5 Å². The maximum atomic E-state index is 12.8. The minimum absolute atomic E-state index is 0.218. The van der Waals surface area contributed by atoms with E-state index in [4.69, 9.17) is 4.74 Å². The maximum absolute atomic E-state index is 12.8. The molecule has 0 bridgehead atoms. The van der Waals surface area contributed by atoms with E-state index in [2.05, 4.69) is 26.7 Å². The van der Waals surface area contributed by atoms with Crippen molar-refractivity contribution in [1.82, 2.24) is 24.6 Å². The molecule has 1 aromatic heterocycles. The van der Waals surface area contributed by atoms with E-state index < -0.39 is 0 Å². The highest BCUT2D eigenvalue weighted by Crippen LogP contribution is 2.29. The topological polar surface area (TPSA) is 63.5 Å². The van der Waals surface area contributed by atoms with Crippen LogP contribution in [0.5, 0.6) is 5.75 Å². The van der Waals surface area contributed by atoms with Gasteiger partial charge in [-0.1, -0.05) is 18.6 Å². The number of hydrogen-bond donors (Lipinski definition) is 0. The number of rotatable bonds is 5. The Balaban J connectivity index is 1.36. The van der Waals surface area contributed by atoms with Crippen molar-refractivity contribution in [1.29, 1.82) is 0 Å². The minimum Gasteiger partial charge on any atom is -0.497 e. The summed E-state index contributed by atoms with van der Waals surface area (Å²) in [6.45, 7) is 3.36. The van der Waals surface area contributed by atoms with Gasteiger partial charge in [0.05, 0.1) is 13.2 Å². The molecular weight excluding hydrogens is 366 g/mol. The molecule has 1 atom stereocenters. The number of methoxy groups -OCH3 is 1. The molecule has 7 nitrogen and oxygen atoms in total. The van der Waals surface area contributed by atoms with Crippen molar-refractivity contribution >= 4 is 5.91 Å². The number of piperidine rings is 1. The Hall–Kier alpha value is -2.41. The van der Waals surface area contributed by atoms with E-state index in [1.165, 1.54) is 12.8 Å². The van der Waals surface area contributed by atoms with Crippen LogP contribution in [0.2, 0.25) is 0 Å². The molecule has 1 saturated heterocycles. The Morgan fingerprint density at radius 2 is 1.93 bits per heavy atom. The standard InChI is InChI=1S/C22H31N5O2/c1-25-13-4-3-5-19(25)22-24-23-20-12-14-26(15-16-27(20)22)21(28)11-8-17-6-9-18(29-2)10-7-17/h6-7,9-10,19H,3-5,8,11-16H2,1-2H3/t19-/m1/s1. The van der Waals surface area contributed by atoms with Crippen LogP contribution < -0.4 is 4.74 Å². The van der Waals surface area contributed by atoms with Crippen LogP contribution in [-0.4, -0.2) is 64.3 Å². The Morgan fingerprint density at radius 1 is 1.10 bits per heavy atom. The SMILES string of the molecule is COc1ccc(CCC(=O)N2CCc3nnc([C@H]4CCCCN4C)n3CC2)cc1. The Morgan fingerprint density at radius 3 is 2.69 bits per heavy atom. The third kappa shape index (κ3) is 4.45. The highest BCUT2D eigenvalue weighted by molar-refractivity contribution is 5.76. The molecule has 1 aromatic carbocycles. The molecule has 156 valence electrons. The quantitative estimate of drug-likeness (QED) is 0.776. The summed E-state index contributed by atoms with van der Waals surface area (Å²) in [5.74, 6) is 3.16. The van der Waals surface area contributed by atoms with Gasteiger partial charge in [0.15, 0.2) is 0 Å². The Labute approximate surface area is 172 Å². The second kappa shape index (κ2) is 8.95. The van der Waals surface area contributed by atoms with E-state index in [0.717, 1.165) is 68.4 Å². The molecule has 0 unspecified atom stereocenters. The van der Waals surface area contributed by atoms with Crippen molar-refractivity contribution < 1.29 is 9.53 Å². The van der Waals surface area contributed by atoms with Gasteiger partial charge in [0, 0.05) is 32.5 Å². The van der Waals surface area contributed by atoms with Crippen LogP contribution >= 0.6 is 0 Å². The van der Waals surface area contributed by atoms with Gasteiger partial charge < -0.3 is 14.2 Å². The first kappa shape index (κ1) is 19.9.